The van der Waals surface area contributed by atoms with Crippen molar-refractivity contribution >= 4 is 34.2 Å². The second-order valence-electron chi connectivity index (χ2n) is 3.70. The first-order valence-corrected chi connectivity index (χ1v) is 6.03. The van der Waals surface area contributed by atoms with E-state index < -0.39 is 5.97 Å². The van der Waals surface area contributed by atoms with Crippen molar-refractivity contribution in [1.29, 1.82) is 0 Å². The zero-order valence-corrected chi connectivity index (χ0v) is 10.4. The van der Waals surface area contributed by atoms with Gasteiger partial charge in [0.15, 0.2) is 0 Å². The van der Waals surface area contributed by atoms with Gasteiger partial charge in [-0.3, -0.25) is 0 Å². The Morgan fingerprint density at radius 2 is 1.93 bits per heavy atom. The summed E-state index contributed by atoms with van der Waals surface area (Å²) in [7, 11) is 0. The fourth-order valence-corrected chi connectivity index (χ4v) is 2.51. The summed E-state index contributed by atoms with van der Waals surface area (Å²) in [6.45, 7) is 2.08. The Labute approximate surface area is 102 Å². The number of halogens is 1. The summed E-state index contributed by atoms with van der Waals surface area (Å²) < 4.78 is 0.981. The van der Waals surface area contributed by atoms with Gasteiger partial charge in [-0.2, -0.15) is 0 Å². The van der Waals surface area contributed by atoms with Crippen LogP contribution in [0.4, 0.5) is 5.69 Å². The number of hydrogen-bond acceptors (Lipinski definition) is 2. The van der Waals surface area contributed by atoms with Gasteiger partial charge in [0.05, 0.1) is 5.56 Å². The van der Waals surface area contributed by atoms with Crippen molar-refractivity contribution < 1.29 is 9.90 Å². The Bertz CT molecular complexity index is 386. The highest BCUT2D eigenvalue weighted by atomic mass is 127. The lowest BCUT2D eigenvalue weighted by Crippen LogP contribution is -2.18. The number of carbonyl (C=O) groups is 1. The van der Waals surface area contributed by atoms with Gasteiger partial charge in [0.25, 0.3) is 0 Å². The highest BCUT2D eigenvalue weighted by Gasteiger charge is 2.14. The number of benzene rings is 1. The molecule has 0 unspecified atom stereocenters. The third-order valence-electron chi connectivity index (χ3n) is 2.60. The maximum atomic E-state index is 10.9. The van der Waals surface area contributed by atoms with Gasteiger partial charge in [-0.25, -0.2) is 4.79 Å². The van der Waals surface area contributed by atoms with Gasteiger partial charge < -0.3 is 10.0 Å². The Hall–Kier alpha value is -0.780. The minimum atomic E-state index is -0.853. The van der Waals surface area contributed by atoms with Gasteiger partial charge in [0.1, 0.15) is 0 Å². The molecule has 0 spiro atoms. The zero-order chi connectivity index (χ0) is 10.8. The summed E-state index contributed by atoms with van der Waals surface area (Å²) in [5.74, 6) is -0.853. The number of anilines is 1. The average molecular weight is 317 g/mol. The second kappa shape index (κ2) is 4.38. The predicted octanol–water partition coefficient (Wildman–Crippen LogP) is 2.59. The van der Waals surface area contributed by atoms with Crippen molar-refractivity contribution in [3.05, 3.63) is 27.3 Å². The maximum absolute atomic E-state index is 10.9. The van der Waals surface area contributed by atoms with E-state index in [0.29, 0.717) is 5.56 Å². The number of carboxylic acids is 1. The van der Waals surface area contributed by atoms with Crippen LogP contribution in [-0.2, 0) is 0 Å². The van der Waals surface area contributed by atoms with E-state index in [1.165, 1.54) is 12.8 Å². The lowest BCUT2D eigenvalue weighted by Gasteiger charge is -2.18. The Morgan fingerprint density at radius 1 is 1.27 bits per heavy atom. The van der Waals surface area contributed by atoms with Gasteiger partial charge >= 0.3 is 5.97 Å². The lowest BCUT2D eigenvalue weighted by atomic mass is 10.2. The molecule has 80 valence electrons. The molecule has 15 heavy (non-hydrogen) atoms. The Morgan fingerprint density at radius 3 is 2.53 bits per heavy atom. The molecule has 0 aliphatic carbocycles. The molecule has 1 saturated heterocycles. The van der Waals surface area contributed by atoms with Crippen molar-refractivity contribution in [2.24, 2.45) is 0 Å². The van der Waals surface area contributed by atoms with Crippen molar-refractivity contribution in [2.45, 2.75) is 12.8 Å². The molecule has 0 radical (unpaired) electrons. The van der Waals surface area contributed by atoms with E-state index in [0.717, 1.165) is 22.3 Å². The molecule has 0 aromatic heterocycles. The van der Waals surface area contributed by atoms with Gasteiger partial charge in [-0.05, 0) is 53.6 Å². The highest BCUT2D eigenvalue weighted by molar-refractivity contribution is 14.1. The molecule has 1 heterocycles. The topological polar surface area (TPSA) is 40.5 Å². The van der Waals surface area contributed by atoms with Crippen LogP contribution in [0.3, 0.4) is 0 Å². The number of rotatable bonds is 2. The number of aromatic carboxylic acids is 1. The normalized spacial score (nSPS) is 15.7. The molecule has 0 atom stereocenters. The number of hydrogen-bond donors (Lipinski definition) is 1. The van der Waals surface area contributed by atoms with E-state index in [9.17, 15) is 4.79 Å². The lowest BCUT2D eigenvalue weighted by molar-refractivity contribution is 0.0697. The molecule has 0 amide bonds. The van der Waals surface area contributed by atoms with E-state index >= 15 is 0 Å². The van der Waals surface area contributed by atoms with Crippen LogP contribution < -0.4 is 4.90 Å². The molecule has 3 nitrogen and oxygen atoms in total. The summed E-state index contributed by atoms with van der Waals surface area (Å²) in [4.78, 5) is 13.1. The highest BCUT2D eigenvalue weighted by Crippen LogP contribution is 2.24. The standard InChI is InChI=1S/C11H12INO2/c12-9-5-8(11(14)15)6-10(7-9)13-3-1-2-4-13/h5-7H,1-4H2,(H,14,15). The van der Waals surface area contributed by atoms with Crippen LogP contribution in [0, 0.1) is 3.57 Å². The Kier molecular flexibility index (Phi) is 3.14. The predicted molar refractivity (Wildman–Crippen MR) is 67.6 cm³/mol. The van der Waals surface area contributed by atoms with Crippen LogP contribution in [-0.4, -0.2) is 24.2 Å². The summed E-state index contributed by atoms with van der Waals surface area (Å²) in [6, 6.07) is 5.50. The molecular formula is C11H12INO2. The van der Waals surface area contributed by atoms with Gasteiger partial charge in [-0.15, -0.1) is 0 Å². The minimum absolute atomic E-state index is 0.379. The van der Waals surface area contributed by atoms with Crippen LogP contribution in [0.15, 0.2) is 18.2 Å². The molecule has 4 heteroatoms. The maximum Gasteiger partial charge on any atom is 0.335 e. The van der Waals surface area contributed by atoms with Crippen molar-refractivity contribution in [1.82, 2.24) is 0 Å². The van der Waals surface area contributed by atoms with Crippen LogP contribution in [0.2, 0.25) is 0 Å². The molecule has 1 N–H and O–H groups in total. The molecule has 1 aromatic carbocycles. The SMILES string of the molecule is O=C(O)c1cc(I)cc(N2CCCC2)c1. The van der Waals surface area contributed by atoms with E-state index in [1.807, 2.05) is 6.07 Å². The quantitative estimate of drug-likeness (QED) is 0.853. The number of carboxylic acid groups (broad SMARTS) is 1. The third kappa shape index (κ3) is 2.42. The van der Waals surface area contributed by atoms with Crippen molar-refractivity contribution in [3.63, 3.8) is 0 Å². The fourth-order valence-electron chi connectivity index (χ4n) is 1.86. The summed E-state index contributed by atoms with van der Waals surface area (Å²) in [5, 5.41) is 8.95. The number of nitrogens with zero attached hydrogens (tertiary/aromatic N) is 1. The molecule has 1 aliphatic rings. The van der Waals surface area contributed by atoms with E-state index in [-0.39, 0.29) is 0 Å². The van der Waals surface area contributed by atoms with Gasteiger partial charge in [0.2, 0.25) is 0 Å². The van der Waals surface area contributed by atoms with E-state index in [1.54, 1.807) is 12.1 Å². The summed E-state index contributed by atoms with van der Waals surface area (Å²) >= 11 is 2.16. The van der Waals surface area contributed by atoms with Gasteiger partial charge in [0, 0.05) is 22.3 Å². The zero-order valence-electron chi connectivity index (χ0n) is 8.24. The van der Waals surface area contributed by atoms with E-state index in [4.69, 9.17) is 5.11 Å². The average Bonchev–Trinajstić information content (AvgIpc) is 2.69. The van der Waals surface area contributed by atoms with E-state index in [2.05, 4.69) is 27.5 Å². The first kappa shape index (κ1) is 10.7. The minimum Gasteiger partial charge on any atom is -0.478 e. The molecule has 0 saturated carbocycles. The molecule has 0 bridgehead atoms. The molecule has 1 aliphatic heterocycles. The largest absolute Gasteiger partial charge is 0.478 e. The van der Waals surface area contributed by atoms with Gasteiger partial charge in [-0.1, -0.05) is 0 Å². The molecule has 2 rings (SSSR count). The van der Waals surface area contributed by atoms with Crippen molar-refractivity contribution in [2.75, 3.05) is 18.0 Å². The molecular weight excluding hydrogens is 305 g/mol. The molecule has 1 fully saturated rings. The van der Waals surface area contributed by atoms with Crippen LogP contribution in [0.5, 0.6) is 0 Å². The fraction of sp³-hybridized carbons (Fsp3) is 0.364. The smallest absolute Gasteiger partial charge is 0.335 e. The molecule has 1 aromatic rings. The first-order chi connectivity index (χ1) is 7.16. The summed E-state index contributed by atoms with van der Waals surface area (Å²) in [5.41, 5.74) is 1.42. The third-order valence-corrected chi connectivity index (χ3v) is 3.22. The monoisotopic (exact) mass is 317 g/mol. The first-order valence-electron chi connectivity index (χ1n) is 4.95. The van der Waals surface area contributed by atoms with Crippen molar-refractivity contribution in [3.8, 4) is 0 Å². The van der Waals surface area contributed by atoms with Crippen LogP contribution in [0.25, 0.3) is 0 Å². The second-order valence-corrected chi connectivity index (χ2v) is 4.94. The van der Waals surface area contributed by atoms with Crippen LogP contribution in [0.1, 0.15) is 23.2 Å². The Balaban J connectivity index is 2.34. The summed E-state index contributed by atoms with van der Waals surface area (Å²) in [6.07, 6.45) is 2.40. The van der Waals surface area contributed by atoms with Crippen LogP contribution >= 0.6 is 22.6 Å².